The van der Waals surface area contributed by atoms with Crippen LogP contribution in [0.4, 0.5) is 0 Å². The molecule has 0 amide bonds. The van der Waals surface area contributed by atoms with Crippen LogP contribution >= 0.6 is 0 Å². The van der Waals surface area contributed by atoms with Gasteiger partial charge in [0.05, 0.1) is 30.3 Å². The van der Waals surface area contributed by atoms with E-state index < -0.39 is 0 Å². The number of hydrogen-bond acceptors (Lipinski definition) is 5. The standard InChI is InChI=1S/C26H25NO4/c1-28-21-9-12-30-26(15-21)19-4-2-3-18(13-19)16-31-22-5-6-24-23(20-8-11-29-17-20)7-10-27-25(24)14-22/h2-8,10-11,13-14,17,21,26H,9,12,15-16H2,1H3. The molecular weight excluding hydrogens is 390 g/mol. The van der Waals surface area contributed by atoms with Gasteiger partial charge in [0.15, 0.2) is 0 Å². The van der Waals surface area contributed by atoms with Crippen LogP contribution in [0.2, 0.25) is 0 Å². The highest BCUT2D eigenvalue weighted by molar-refractivity contribution is 5.94. The van der Waals surface area contributed by atoms with Crippen LogP contribution in [0.5, 0.6) is 5.75 Å². The maximum absolute atomic E-state index is 6.09. The maximum atomic E-state index is 6.09. The van der Waals surface area contributed by atoms with Crippen molar-refractivity contribution in [2.24, 2.45) is 0 Å². The van der Waals surface area contributed by atoms with Crippen LogP contribution in [0.1, 0.15) is 30.1 Å². The predicted octanol–water partition coefficient (Wildman–Crippen LogP) is 5.94. The van der Waals surface area contributed by atoms with Gasteiger partial charge in [-0.2, -0.15) is 0 Å². The monoisotopic (exact) mass is 415 g/mol. The van der Waals surface area contributed by atoms with E-state index in [0.29, 0.717) is 6.61 Å². The highest BCUT2D eigenvalue weighted by atomic mass is 16.5. The highest BCUT2D eigenvalue weighted by Gasteiger charge is 2.23. The molecule has 158 valence electrons. The second-order valence-corrected chi connectivity index (χ2v) is 7.82. The number of nitrogens with zero attached hydrogens (tertiary/aromatic N) is 1. The molecule has 0 saturated carbocycles. The zero-order valence-corrected chi connectivity index (χ0v) is 17.5. The van der Waals surface area contributed by atoms with Gasteiger partial charge in [-0.1, -0.05) is 18.2 Å². The van der Waals surface area contributed by atoms with Crippen molar-refractivity contribution >= 4 is 10.9 Å². The fourth-order valence-corrected chi connectivity index (χ4v) is 4.15. The van der Waals surface area contributed by atoms with E-state index in [1.165, 1.54) is 5.56 Å². The maximum Gasteiger partial charge on any atom is 0.122 e. The molecule has 0 aliphatic carbocycles. The second-order valence-electron chi connectivity index (χ2n) is 7.82. The molecule has 5 heteroatoms. The van der Waals surface area contributed by atoms with Gasteiger partial charge < -0.3 is 18.6 Å². The van der Waals surface area contributed by atoms with Gasteiger partial charge in [0.1, 0.15) is 12.4 Å². The van der Waals surface area contributed by atoms with E-state index in [1.807, 2.05) is 30.5 Å². The smallest absolute Gasteiger partial charge is 0.122 e. The zero-order valence-electron chi connectivity index (χ0n) is 17.5. The summed E-state index contributed by atoms with van der Waals surface area (Å²) in [4.78, 5) is 4.52. The molecule has 2 unspecified atom stereocenters. The quantitative estimate of drug-likeness (QED) is 0.390. The molecule has 0 N–H and O–H groups in total. The molecule has 1 fully saturated rings. The average Bonchev–Trinajstić information content (AvgIpc) is 3.37. The fourth-order valence-electron chi connectivity index (χ4n) is 4.15. The summed E-state index contributed by atoms with van der Waals surface area (Å²) in [5, 5.41) is 1.07. The number of hydrogen-bond donors (Lipinski definition) is 0. The van der Waals surface area contributed by atoms with Crippen LogP contribution < -0.4 is 4.74 Å². The van der Waals surface area contributed by atoms with Gasteiger partial charge in [0, 0.05) is 43.4 Å². The first-order chi connectivity index (χ1) is 15.3. The molecular formula is C26H25NO4. The molecule has 2 aromatic carbocycles. The first-order valence-corrected chi connectivity index (χ1v) is 10.6. The Morgan fingerprint density at radius 3 is 2.94 bits per heavy atom. The number of rotatable bonds is 6. The molecule has 0 spiro atoms. The van der Waals surface area contributed by atoms with Gasteiger partial charge in [-0.3, -0.25) is 4.98 Å². The van der Waals surface area contributed by atoms with E-state index in [9.17, 15) is 0 Å². The Morgan fingerprint density at radius 1 is 1.10 bits per heavy atom. The molecule has 4 aromatic rings. The van der Waals surface area contributed by atoms with Crippen molar-refractivity contribution in [1.82, 2.24) is 4.98 Å². The fraction of sp³-hybridized carbons (Fsp3) is 0.269. The molecule has 1 aliphatic heterocycles. The Hall–Kier alpha value is -3.15. The van der Waals surface area contributed by atoms with E-state index in [-0.39, 0.29) is 12.2 Å². The third-order valence-corrected chi connectivity index (χ3v) is 5.84. The zero-order chi connectivity index (χ0) is 21.0. The lowest BCUT2D eigenvalue weighted by Crippen LogP contribution is -2.25. The lowest BCUT2D eigenvalue weighted by atomic mass is 9.98. The van der Waals surface area contributed by atoms with Crippen molar-refractivity contribution in [2.75, 3.05) is 13.7 Å². The minimum atomic E-state index is 0.0739. The molecule has 1 aliphatic rings. The van der Waals surface area contributed by atoms with Crippen molar-refractivity contribution in [2.45, 2.75) is 31.7 Å². The minimum absolute atomic E-state index is 0.0739. The summed E-state index contributed by atoms with van der Waals surface area (Å²) in [7, 11) is 1.77. The largest absolute Gasteiger partial charge is 0.489 e. The van der Waals surface area contributed by atoms with Gasteiger partial charge in [0.25, 0.3) is 0 Å². The van der Waals surface area contributed by atoms with E-state index in [2.05, 4.69) is 35.3 Å². The number of ether oxygens (including phenoxy) is 3. The van der Waals surface area contributed by atoms with Gasteiger partial charge in [-0.05, 0) is 53.4 Å². The normalized spacial score (nSPS) is 18.9. The Kier molecular flexibility index (Phi) is 5.69. The average molecular weight is 415 g/mol. The SMILES string of the molecule is COC1CCOC(c2cccc(COc3ccc4c(-c5ccoc5)ccnc4c3)c2)C1. The van der Waals surface area contributed by atoms with Crippen LogP contribution in [0.15, 0.2) is 77.7 Å². The number of fused-ring (bicyclic) bond motifs is 1. The number of methoxy groups -OCH3 is 1. The topological polar surface area (TPSA) is 53.7 Å². The van der Waals surface area contributed by atoms with Crippen LogP contribution in [-0.2, 0) is 16.1 Å². The molecule has 3 heterocycles. The third-order valence-electron chi connectivity index (χ3n) is 5.84. The number of aromatic nitrogens is 1. The Morgan fingerprint density at radius 2 is 2.06 bits per heavy atom. The van der Waals surface area contributed by atoms with Crippen LogP contribution in [0, 0.1) is 0 Å². The summed E-state index contributed by atoms with van der Waals surface area (Å²) in [6.45, 7) is 1.22. The van der Waals surface area contributed by atoms with Crippen molar-refractivity contribution in [3.63, 3.8) is 0 Å². The van der Waals surface area contributed by atoms with E-state index in [0.717, 1.165) is 52.8 Å². The minimum Gasteiger partial charge on any atom is -0.489 e. The summed E-state index contributed by atoms with van der Waals surface area (Å²) in [6.07, 6.45) is 7.41. The lowest BCUT2D eigenvalue weighted by molar-refractivity contribution is -0.0599. The first-order valence-electron chi connectivity index (χ1n) is 10.6. The molecule has 2 aromatic heterocycles. The van der Waals surface area contributed by atoms with Crippen molar-refractivity contribution in [3.05, 3.63) is 84.4 Å². The summed E-state index contributed by atoms with van der Waals surface area (Å²) in [5.74, 6) is 0.795. The van der Waals surface area contributed by atoms with Gasteiger partial charge in [-0.25, -0.2) is 0 Å². The summed E-state index contributed by atoms with van der Waals surface area (Å²) < 4.78 is 22.8. The number of pyridine rings is 1. The molecule has 1 saturated heterocycles. The van der Waals surface area contributed by atoms with Crippen molar-refractivity contribution in [3.8, 4) is 16.9 Å². The molecule has 31 heavy (non-hydrogen) atoms. The van der Waals surface area contributed by atoms with Crippen LogP contribution in [0.25, 0.3) is 22.0 Å². The van der Waals surface area contributed by atoms with E-state index in [1.54, 1.807) is 19.6 Å². The summed E-state index contributed by atoms with van der Waals surface area (Å²) in [6, 6.07) is 18.4. The third kappa shape index (κ3) is 4.33. The van der Waals surface area contributed by atoms with Crippen molar-refractivity contribution < 1.29 is 18.6 Å². The van der Waals surface area contributed by atoms with E-state index >= 15 is 0 Å². The predicted molar refractivity (Wildman–Crippen MR) is 119 cm³/mol. The second kappa shape index (κ2) is 8.92. The van der Waals surface area contributed by atoms with Gasteiger partial charge in [-0.15, -0.1) is 0 Å². The Balaban J connectivity index is 1.31. The Bertz CT molecular complexity index is 1160. The molecule has 0 radical (unpaired) electrons. The summed E-state index contributed by atoms with van der Waals surface area (Å²) in [5.41, 5.74) is 5.32. The van der Waals surface area contributed by atoms with Crippen LogP contribution in [-0.4, -0.2) is 24.8 Å². The highest BCUT2D eigenvalue weighted by Crippen LogP contribution is 2.31. The molecule has 5 rings (SSSR count). The van der Waals surface area contributed by atoms with Crippen molar-refractivity contribution in [1.29, 1.82) is 0 Å². The number of benzene rings is 2. The number of furan rings is 1. The van der Waals surface area contributed by atoms with E-state index in [4.69, 9.17) is 18.6 Å². The summed E-state index contributed by atoms with van der Waals surface area (Å²) >= 11 is 0. The molecule has 5 nitrogen and oxygen atoms in total. The molecule has 2 atom stereocenters. The molecule has 0 bridgehead atoms. The van der Waals surface area contributed by atoms with Crippen LogP contribution in [0.3, 0.4) is 0 Å². The van der Waals surface area contributed by atoms with Gasteiger partial charge in [0.2, 0.25) is 0 Å². The van der Waals surface area contributed by atoms with Gasteiger partial charge >= 0.3 is 0 Å². The lowest BCUT2D eigenvalue weighted by Gasteiger charge is -2.29. The Labute approximate surface area is 181 Å². The first kappa shape index (κ1) is 19.8.